The molecule has 0 heterocycles. The maximum absolute atomic E-state index is 11.6. The van der Waals surface area contributed by atoms with Gasteiger partial charge in [-0.15, -0.1) is 0 Å². The molecule has 5 heteroatoms. The first-order chi connectivity index (χ1) is 11.7. The van der Waals surface area contributed by atoms with E-state index in [1.807, 2.05) is 42.5 Å². The molecule has 0 aliphatic heterocycles. The topological polar surface area (TPSA) is 55.4 Å². The van der Waals surface area contributed by atoms with Gasteiger partial charge >= 0.3 is 6.09 Å². The molecule has 1 N–H and O–H groups in total. The third-order valence-electron chi connectivity index (χ3n) is 3.25. The molecule has 0 saturated heterocycles. The monoisotopic (exact) mass is 343 g/mol. The highest BCUT2D eigenvalue weighted by Crippen LogP contribution is 2.18. The minimum absolute atomic E-state index is 0.251. The summed E-state index contributed by atoms with van der Waals surface area (Å²) in [5.74, 6) is 0. The van der Waals surface area contributed by atoms with Crippen LogP contribution < -0.4 is 5.32 Å². The van der Waals surface area contributed by atoms with E-state index in [0.717, 1.165) is 17.4 Å². The van der Waals surface area contributed by atoms with E-state index in [2.05, 4.69) is 5.32 Å². The van der Waals surface area contributed by atoms with Gasteiger partial charge in [-0.05, 0) is 23.6 Å². The van der Waals surface area contributed by atoms with Crippen LogP contribution in [0.5, 0.6) is 0 Å². The van der Waals surface area contributed by atoms with E-state index in [0.29, 0.717) is 23.6 Å². The van der Waals surface area contributed by atoms with Gasteiger partial charge in [-0.3, -0.25) is 4.79 Å². The Morgan fingerprint density at radius 1 is 1.17 bits per heavy atom. The van der Waals surface area contributed by atoms with Gasteiger partial charge in [-0.2, -0.15) is 0 Å². The van der Waals surface area contributed by atoms with Crippen LogP contribution in [-0.2, 0) is 11.3 Å². The maximum Gasteiger partial charge on any atom is 0.407 e. The van der Waals surface area contributed by atoms with Gasteiger partial charge in [0.15, 0.2) is 0 Å². The van der Waals surface area contributed by atoms with E-state index >= 15 is 0 Å². The third kappa shape index (κ3) is 5.89. The largest absolute Gasteiger partial charge is 0.445 e. The molecule has 4 nitrogen and oxygen atoms in total. The Labute approximate surface area is 146 Å². The minimum Gasteiger partial charge on any atom is -0.445 e. The first-order valence-electron chi connectivity index (χ1n) is 7.55. The summed E-state index contributed by atoms with van der Waals surface area (Å²) in [5, 5.41) is 3.20. The van der Waals surface area contributed by atoms with Crippen LogP contribution in [0.3, 0.4) is 0 Å². The van der Waals surface area contributed by atoms with Gasteiger partial charge in [0.25, 0.3) is 0 Å². The second-order valence-corrected chi connectivity index (χ2v) is 5.49. The van der Waals surface area contributed by atoms with Crippen LogP contribution >= 0.6 is 11.6 Å². The van der Waals surface area contributed by atoms with Crippen molar-refractivity contribution < 1.29 is 14.3 Å². The van der Waals surface area contributed by atoms with Crippen molar-refractivity contribution in [1.29, 1.82) is 0 Å². The maximum atomic E-state index is 11.6. The molecule has 0 aliphatic carbocycles. The number of rotatable bonds is 7. The van der Waals surface area contributed by atoms with Gasteiger partial charge in [-0.1, -0.05) is 66.2 Å². The second-order valence-electron chi connectivity index (χ2n) is 5.08. The molecule has 0 aromatic heterocycles. The first-order valence-corrected chi connectivity index (χ1v) is 7.92. The third-order valence-corrected chi connectivity index (χ3v) is 3.58. The average Bonchev–Trinajstić information content (AvgIpc) is 2.61. The lowest BCUT2D eigenvalue weighted by Gasteiger charge is -2.06. The van der Waals surface area contributed by atoms with Gasteiger partial charge in [0, 0.05) is 17.1 Å². The predicted octanol–water partition coefficient (Wildman–Crippen LogP) is 4.48. The Bertz CT molecular complexity index is 714. The molecule has 0 unspecified atom stereocenters. The molecular formula is C19H18ClNO3. The molecule has 2 aromatic carbocycles. The number of benzene rings is 2. The number of nitrogens with one attached hydrogen (secondary N) is 1. The molecule has 24 heavy (non-hydrogen) atoms. The summed E-state index contributed by atoms with van der Waals surface area (Å²) in [7, 11) is 0. The summed E-state index contributed by atoms with van der Waals surface area (Å²) in [6.45, 7) is 0.718. The molecule has 0 atom stereocenters. The van der Waals surface area contributed by atoms with Gasteiger partial charge in [0.1, 0.15) is 12.9 Å². The van der Waals surface area contributed by atoms with E-state index in [4.69, 9.17) is 16.3 Å². The molecule has 0 aliphatic rings. The van der Waals surface area contributed by atoms with E-state index in [-0.39, 0.29) is 6.61 Å². The lowest BCUT2D eigenvalue weighted by molar-refractivity contribution is 0.112. The van der Waals surface area contributed by atoms with Crippen molar-refractivity contribution in [2.75, 3.05) is 6.54 Å². The Morgan fingerprint density at radius 3 is 2.67 bits per heavy atom. The second kappa shape index (κ2) is 9.53. The fraction of sp³-hybridized carbons (Fsp3) is 0.158. The quantitative estimate of drug-likeness (QED) is 0.595. The molecule has 2 aromatic rings. The summed E-state index contributed by atoms with van der Waals surface area (Å²) in [4.78, 5) is 22.2. The molecule has 0 saturated carbocycles. The van der Waals surface area contributed by atoms with Crippen LogP contribution in [0.2, 0.25) is 5.02 Å². The molecule has 1 amide bonds. The number of aldehydes is 1. The summed E-state index contributed by atoms with van der Waals surface area (Å²) < 4.78 is 5.11. The van der Waals surface area contributed by atoms with Crippen LogP contribution in [-0.4, -0.2) is 18.9 Å². The van der Waals surface area contributed by atoms with Crippen LogP contribution in [0, 0.1) is 0 Å². The number of halogens is 1. The Kier molecular flexibility index (Phi) is 7.05. The molecular weight excluding hydrogens is 326 g/mol. The van der Waals surface area contributed by atoms with Gasteiger partial charge in [0.2, 0.25) is 0 Å². The van der Waals surface area contributed by atoms with Crippen molar-refractivity contribution in [2.45, 2.75) is 13.0 Å². The lowest BCUT2D eigenvalue weighted by Crippen LogP contribution is -2.24. The highest BCUT2D eigenvalue weighted by molar-refractivity contribution is 6.32. The van der Waals surface area contributed by atoms with E-state index in [1.54, 1.807) is 18.2 Å². The van der Waals surface area contributed by atoms with E-state index < -0.39 is 6.09 Å². The highest BCUT2D eigenvalue weighted by Gasteiger charge is 2.01. The zero-order valence-corrected chi connectivity index (χ0v) is 13.8. The molecule has 2 rings (SSSR count). The van der Waals surface area contributed by atoms with Crippen molar-refractivity contribution in [2.24, 2.45) is 0 Å². The van der Waals surface area contributed by atoms with Crippen molar-refractivity contribution in [3.63, 3.8) is 0 Å². The van der Waals surface area contributed by atoms with Crippen molar-refractivity contribution in [1.82, 2.24) is 5.32 Å². The number of carbonyl (C=O) groups is 2. The number of hydrogen-bond donors (Lipinski definition) is 1. The minimum atomic E-state index is -0.444. The van der Waals surface area contributed by atoms with Gasteiger partial charge in [-0.25, -0.2) is 4.79 Å². The molecule has 0 bridgehead atoms. The summed E-state index contributed by atoms with van der Waals surface area (Å²) >= 11 is 6.07. The smallest absolute Gasteiger partial charge is 0.407 e. The van der Waals surface area contributed by atoms with Crippen LogP contribution in [0.15, 0.2) is 54.6 Å². The SMILES string of the molecule is O=Cc1ccc(C=CCCNC(=O)OCc2ccccc2)c(Cl)c1. The van der Waals surface area contributed by atoms with Gasteiger partial charge in [0.05, 0.1) is 0 Å². The van der Waals surface area contributed by atoms with Gasteiger partial charge < -0.3 is 10.1 Å². The number of amides is 1. The van der Waals surface area contributed by atoms with Crippen molar-refractivity contribution in [3.8, 4) is 0 Å². The molecule has 0 spiro atoms. The summed E-state index contributed by atoms with van der Waals surface area (Å²) in [6, 6.07) is 14.6. The number of carbonyl (C=O) groups excluding carboxylic acids is 2. The lowest BCUT2D eigenvalue weighted by atomic mass is 10.1. The fourth-order valence-corrected chi connectivity index (χ4v) is 2.25. The Morgan fingerprint density at radius 2 is 1.96 bits per heavy atom. The first kappa shape index (κ1) is 17.8. The summed E-state index contributed by atoms with van der Waals surface area (Å²) in [5.41, 5.74) is 2.31. The van der Waals surface area contributed by atoms with E-state index in [9.17, 15) is 9.59 Å². The average molecular weight is 344 g/mol. The Balaban J connectivity index is 1.68. The number of hydrogen-bond acceptors (Lipinski definition) is 3. The molecule has 124 valence electrons. The van der Waals surface area contributed by atoms with Crippen LogP contribution in [0.1, 0.15) is 27.9 Å². The zero-order valence-electron chi connectivity index (χ0n) is 13.1. The number of alkyl carbamates (subject to hydrolysis) is 1. The fourth-order valence-electron chi connectivity index (χ4n) is 1.99. The highest BCUT2D eigenvalue weighted by atomic mass is 35.5. The van der Waals surface area contributed by atoms with E-state index in [1.165, 1.54) is 0 Å². The summed E-state index contributed by atoms with van der Waals surface area (Å²) in [6.07, 6.45) is 4.71. The molecule has 0 fully saturated rings. The molecule has 0 radical (unpaired) electrons. The van der Waals surface area contributed by atoms with Crippen LogP contribution in [0.4, 0.5) is 4.79 Å². The van der Waals surface area contributed by atoms with Crippen LogP contribution in [0.25, 0.3) is 6.08 Å². The van der Waals surface area contributed by atoms with Crippen molar-refractivity contribution in [3.05, 3.63) is 76.3 Å². The standard InChI is InChI=1S/C19H18ClNO3/c20-18-12-16(13-22)9-10-17(18)8-4-5-11-21-19(23)24-14-15-6-2-1-3-7-15/h1-4,6-10,12-13H,5,11,14H2,(H,21,23). The normalized spacial score (nSPS) is 10.5. The predicted molar refractivity (Wildman–Crippen MR) is 95.1 cm³/mol. The van der Waals surface area contributed by atoms with Crippen molar-refractivity contribution >= 4 is 30.1 Å². The zero-order chi connectivity index (χ0) is 17.2. The Hall–Kier alpha value is -2.59. The number of ether oxygens (including phenoxy) is 1.